The highest BCUT2D eigenvalue weighted by atomic mass is 16.5. The summed E-state index contributed by atoms with van der Waals surface area (Å²) in [7, 11) is -1.69. The number of rotatable bonds is 7. The third kappa shape index (κ3) is 4.22. The lowest BCUT2D eigenvalue weighted by molar-refractivity contribution is -0.158. The Kier molecular flexibility index (Phi) is 5.87. The molecule has 0 saturated carbocycles. The van der Waals surface area contributed by atoms with E-state index < -0.39 is 24.4 Å². The number of hydrogen-bond donors (Lipinski definition) is 4. The predicted octanol–water partition coefficient (Wildman–Crippen LogP) is -0.462. The Morgan fingerprint density at radius 3 is 2.20 bits per heavy atom. The second-order valence-electron chi connectivity index (χ2n) is 5.29. The number of ether oxygens (including phenoxy) is 1. The van der Waals surface area contributed by atoms with E-state index in [0.29, 0.717) is 5.56 Å². The van der Waals surface area contributed by atoms with Crippen molar-refractivity contribution in [2.45, 2.75) is 12.3 Å². The van der Waals surface area contributed by atoms with Gasteiger partial charge < -0.3 is 19.9 Å². The van der Waals surface area contributed by atoms with E-state index in [1.165, 1.54) is 30.2 Å². The molecule has 1 unspecified atom stereocenters. The molecule has 0 aliphatic carbocycles. The van der Waals surface area contributed by atoms with Crippen LogP contribution in [0.5, 0.6) is 0 Å². The summed E-state index contributed by atoms with van der Waals surface area (Å²) in [5, 5.41) is 27.7. The van der Waals surface area contributed by atoms with Gasteiger partial charge in [0.2, 0.25) is 0 Å². The van der Waals surface area contributed by atoms with Crippen LogP contribution in [-0.2, 0) is 20.9 Å². The molecule has 1 atom stereocenters. The molecule has 2 rings (SSSR count). The van der Waals surface area contributed by atoms with Crippen LogP contribution in [0.25, 0.3) is 5.57 Å². The number of aliphatic carboxylic acids is 1. The van der Waals surface area contributed by atoms with Crippen molar-refractivity contribution in [2.24, 2.45) is 5.73 Å². The molecule has 7 nitrogen and oxygen atoms in total. The van der Waals surface area contributed by atoms with Gasteiger partial charge in [-0.25, -0.2) is 9.59 Å². The number of carboxylic acid groups (broad SMARTS) is 1. The third-order valence-electron chi connectivity index (χ3n) is 3.60. The number of carbonyl (C=O) groups is 1. The number of hydrogen-bond acceptors (Lipinski definition) is 6. The van der Waals surface area contributed by atoms with Gasteiger partial charge in [-0.1, -0.05) is 54.6 Å². The Morgan fingerprint density at radius 1 is 1.12 bits per heavy atom. The Balaban J connectivity index is 2.32. The summed E-state index contributed by atoms with van der Waals surface area (Å²) in [5.41, 5.74) is 4.05. The van der Waals surface area contributed by atoms with Crippen LogP contribution in [0.1, 0.15) is 11.1 Å². The summed E-state index contributed by atoms with van der Waals surface area (Å²) < 4.78 is 5.34. The monoisotopic (exact) mass is 341 g/mol. The Bertz CT molecular complexity index is 787. The van der Waals surface area contributed by atoms with Gasteiger partial charge in [-0.2, -0.15) is 0 Å². The lowest BCUT2D eigenvalue weighted by Crippen LogP contribution is -2.51. The van der Waals surface area contributed by atoms with E-state index >= 15 is 0 Å². The molecule has 2 aromatic carbocycles. The largest absolute Gasteiger partial charge is 0.488 e. The molecule has 0 radical (unpaired) electrons. The van der Waals surface area contributed by atoms with Crippen LogP contribution in [0.3, 0.4) is 0 Å². The van der Waals surface area contributed by atoms with E-state index in [4.69, 9.17) is 20.5 Å². The van der Waals surface area contributed by atoms with Crippen molar-refractivity contribution < 1.29 is 29.5 Å². The van der Waals surface area contributed by atoms with Gasteiger partial charge in [0.15, 0.2) is 0 Å². The summed E-state index contributed by atoms with van der Waals surface area (Å²) >= 11 is 0. The second-order valence-corrected chi connectivity index (χ2v) is 5.29. The summed E-state index contributed by atoms with van der Waals surface area (Å²) in [6, 6.07) is 14.1. The summed E-state index contributed by atoms with van der Waals surface area (Å²) in [6.07, 6.45) is 0. The molecular formula is C17H16BNO6. The van der Waals surface area contributed by atoms with Crippen molar-refractivity contribution in [1.29, 1.82) is 0 Å². The van der Waals surface area contributed by atoms with Crippen LogP contribution < -0.4 is 11.2 Å². The molecule has 0 spiro atoms. The highest BCUT2D eigenvalue weighted by Gasteiger charge is 2.42. The minimum absolute atomic E-state index is 0.123. The first-order valence-corrected chi connectivity index (χ1v) is 7.30. The first-order chi connectivity index (χ1) is 11.9. The zero-order valence-corrected chi connectivity index (χ0v) is 13.1. The predicted molar refractivity (Wildman–Crippen MR) is 91.2 cm³/mol. The third-order valence-corrected chi connectivity index (χ3v) is 3.60. The first kappa shape index (κ1) is 18.6. The van der Waals surface area contributed by atoms with E-state index in [0.717, 1.165) is 0 Å². The Morgan fingerprint density at radius 2 is 1.72 bits per heavy atom. The van der Waals surface area contributed by atoms with Gasteiger partial charge in [0.25, 0.3) is 5.72 Å². The fraction of sp³-hybridized carbons (Fsp3) is 0.118. The van der Waals surface area contributed by atoms with Crippen LogP contribution in [0.4, 0.5) is 0 Å². The van der Waals surface area contributed by atoms with Crippen molar-refractivity contribution in [3.8, 4) is 0 Å². The number of carboxylic acids is 1. The fourth-order valence-corrected chi connectivity index (χ4v) is 2.18. The maximum atomic E-state index is 11.7. The van der Waals surface area contributed by atoms with Gasteiger partial charge in [0.05, 0.1) is 6.61 Å². The molecule has 128 valence electrons. The van der Waals surface area contributed by atoms with E-state index in [9.17, 15) is 14.7 Å². The maximum Gasteiger partial charge on any atom is 0.488 e. The SMILES string of the molecule is NC(OCc1ccccc1)(C(=O)O)C(=C=O)c1ccc(B(O)O)cc1. The van der Waals surface area contributed by atoms with Gasteiger partial charge in [-0.3, -0.25) is 5.73 Å². The number of benzene rings is 2. The molecular weight excluding hydrogens is 325 g/mol. The van der Waals surface area contributed by atoms with Crippen LogP contribution in [0, 0.1) is 0 Å². The molecule has 0 aliphatic heterocycles. The molecule has 5 N–H and O–H groups in total. The Labute approximate surface area is 144 Å². The molecule has 8 heteroatoms. The highest BCUT2D eigenvalue weighted by Crippen LogP contribution is 2.25. The molecule has 25 heavy (non-hydrogen) atoms. The van der Waals surface area contributed by atoms with Gasteiger partial charge in [-0.15, -0.1) is 0 Å². The molecule has 0 bridgehead atoms. The second kappa shape index (κ2) is 7.89. The summed E-state index contributed by atoms with van der Waals surface area (Å²) in [4.78, 5) is 23.1. The van der Waals surface area contributed by atoms with Crippen molar-refractivity contribution in [1.82, 2.24) is 0 Å². The van der Waals surface area contributed by atoms with Crippen LogP contribution in [-0.4, -0.2) is 39.9 Å². The van der Waals surface area contributed by atoms with Crippen molar-refractivity contribution in [3.05, 3.63) is 65.7 Å². The normalized spacial score (nSPS) is 12.8. The smallest absolute Gasteiger partial charge is 0.478 e. The molecule has 0 aliphatic rings. The van der Waals surface area contributed by atoms with Gasteiger partial charge in [0.1, 0.15) is 11.5 Å². The average molecular weight is 341 g/mol. The van der Waals surface area contributed by atoms with Crippen LogP contribution in [0.2, 0.25) is 0 Å². The summed E-state index contributed by atoms with van der Waals surface area (Å²) in [5.74, 6) is -0.0120. The molecule has 0 heterocycles. The lowest BCUT2D eigenvalue weighted by Gasteiger charge is -2.26. The topological polar surface area (TPSA) is 130 Å². The van der Waals surface area contributed by atoms with Gasteiger partial charge >= 0.3 is 13.1 Å². The van der Waals surface area contributed by atoms with E-state index in [-0.39, 0.29) is 17.6 Å². The number of carbonyl (C=O) groups excluding carboxylic acids is 1. The van der Waals surface area contributed by atoms with Gasteiger partial charge in [0, 0.05) is 0 Å². The van der Waals surface area contributed by atoms with E-state index in [2.05, 4.69) is 0 Å². The minimum atomic E-state index is -2.41. The molecule has 0 fully saturated rings. The zero-order valence-electron chi connectivity index (χ0n) is 13.1. The first-order valence-electron chi connectivity index (χ1n) is 7.30. The van der Waals surface area contributed by atoms with Crippen molar-refractivity contribution in [3.63, 3.8) is 0 Å². The van der Waals surface area contributed by atoms with Gasteiger partial charge in [-0.05, 0) is 16.6 Å². The molecule has 0 amide bonds. The number of nitrogens with two attached hydrogens (primary N) is 1. The fourth-order valence-electron chi connectivity index (χ4n) is 2.18. The quantitative estimate of drug-likeness (QED) is 0.304. The standard InChI is InChI=1S/C17H16BNO6/c19-17(16(21)22,25-11-12-4-2-1-3-5-12)15(10-20)13-6-8-14(9-7-13)18(23)24/h1-9,23-24H,11,19H2,(H,21,22). The van der Waals surface area contributed by atoms with Crippen molar-refractivity contribution >= 4 is 30.1 Å². The van der Waals surface area contributed by atoms with E-state index in [1.807, 2.05) is 0 Å². The van der Waals surface area contributed by atoms with Crippen molar-refractivity contribution in [2.75, 3.05) is 0 Å². The molecule has 0 aromatic heterocycles. The van der Waals surface area contributed by atoms with Crippen LogP contribution >= 0.6 is 0 Å². The van der Waals surface area contributed by atoms with E-state index in [1.54, 1.807) is 30.3 Å². The summed E-state index contributed by atoms with van der Waals surface area (Å²) in [6.45, 7) is -0.123. The maximum absolute atomic E-state index is 11.7. The molecule has 0 saturated heterocycles. The average Bonchev–Trinajstić information content (AvgIpc) is 2.61. The lowest BCUT2D eigenvalue weighted by atomic mass is 9.79. The highest BCUT2D eigenvalue weighted by molar-refractivity contribution is 6.58. The zero-order chi connectivity index (χ0) is 18.4. The molecule has 2 aromatic rings. The minimum Gasteiger partial charge on any atom is -0.478 e. The van der Waals surface area contributed by atoms with Crippen LogP contribution in [0.15, 0.2) is 54.6 Å². The Hall–Kier alpha value is -2.74.